The minimum Gasteiger partial charge on any atom is -0.393 e. The van der Waals surface area contributed by atoms with Gasteiger partial charge < -0.3 is 10.8 Å². The second-order valence-corrected chi connectivity index (χ2v) is 3.53. The molecule has 0 radical (unpaired) electrons. The average Bonchev–Trinajstić information content (AvgIpc) is 2.31. The highest BCUT2D eigenvalue weighted by molar-refractivity contribution is 5.93. The summed E-state index contributed by atoms with van der Waals surface area (Å²) in [7, 11) is 0. The van der Waals surface area contributed by atoms with Gasteiger partial charge >= 0.3 is 0 Å². The molecule has 6 heteroatoms. The lowest BCUT2D eigenvalue weighted by Gasteiger charge is -2.18. The summed E-state index contributed by atoms with van der Waals surface area (Å²) in [4.78, 5) is 10.9. The van der Waals surface area contributed by atoms with Crippen LogP contribution in [0.3, 0.4) is 0 Å². The van der Waals surface area contributed by atoms with E-state index in [1.54, 1.807) is 0 Å². The molecule has 94 valence electrons. The van der Waals surface area contributed by atoms with Crippen molar-refractivity contribution >= 4 is 5.91 Å². The molecule has 0 aliphatic carbocycles. The molecule has 0 heterocycles. The number of nitrogens with two attached hydrogens (primary N) is 1. The topological polar surface area (TPSA) is 63.3 Å². The summed E-state index contributed by atoms with van der Waals surface area (Å²) in [6.07, 6.45) is -1.93. The van der Waals surface area contributed by atoms with Crippen LogP contribution in [0.5, 0.6) is 0 Å². The van der Waals surface area contributed by atoms with E-state index < -0.39 is 42.7 Å². The Morgan fingerprint density at radius 3 is 2.59 bits per heavy atom. The van der Waals surface area contributed by atoms with Crippen molar-refractivity contribution in [2.45, 2.75) is 12.1 Å². The maximum absolute atomic E-state index is 13.7. The number of aliphatic hydroxyl groups excluding tert-OH is 1. The van der Waals surface area contributed by atoms with Crippen LogP contribution < -0.4 is 5.73 Å². The van der Waals surface area contributed by atoms with Gasteiger partial charge in [-0.15, -0.1) is 0 Å². The van der Waals surface area contributed by atoms with Crippen molar-refractivity contribution in [2.24, 2.45) is 5.73 Å². The zero-order valence-corrected chi connectivity index (χ0v) is 8.87. The predicted octanol–water partition coefficient (Wildman–Crippen LogP) is 1.31. The Morgan fingerprint density at radius 1 is 1.47 bits per heavy atom. The first-order chi connectivity index (χ1) is 8.02. The van der Waals surface area contributed by atoms with E-state index in [-0.39, 0.29) is 5.56 Å². The number of amides is 1. The number of alkyl halides is 2. The summed E-state index contributed by atoms with van der Waals surface area (Å²) in [5.74, 6) is -3.50. The summed E-state index contributed by atoms with van der Waals surface area (Å²) in [6, 6.07) is 3.57. The normalized spacial score (nSPS) is 14.4. The fraction of sp³-hybridized carbons (Fsp3) is 0.364. The summed E-state index contributed by atoms with van der Waals surface area (Å²) in [5.41, 5.74) is 4.19. The van der Waals surface area contributed by atoms with Crippen LogP contribution in [0.25, 0.3) is 0 Å². The van der Waals surface area contributed by atoms with Gasteiger partial charge in [-0.2, -0.15) is 0 Å². The molecule has 1 amide bonds. The number of aliphatic hydroxyl groups is 1. The third kappa shape index (κ3) is 2.76. The quantitative estimate of drug-likeness (QED) is 0.824. The molecule has 1 rings (SSSR count). The highest BCUT2D eigenvalue weighted by Crippen LogP contribution is 2.26. The monoisotopic (exact) mass is 247 g/mol. The van der Waals surface area contributed by atoms with Crippen LogP contribution in [0.4, 0.5) is 13.2 Å². The van der Waals surface area contributed by atoms with Crippen LogP contribution >= 0.6 is 0 Å². The lowest BCUT2D eigenvalue weighted by Crippen LogP contribution is -2.22. The van der Waals surface area contributed by atoms with Crippen molar-refractivity contribution in [3.05, 3.63) is 35.1 Å². The molecule has 0 aromatic heterocycles. The minimum absolute atomic E-state index is 0.301. The predicted molar refractivity (Wildman–Crippen MR) is 55.6 cm³/mol. The molecule has 2 atom stereocenters. The molecule has 0 saturated carbocycles. The van der Waals surface area contributed by atoms with E-state index in [2.05, 4.69) is 0 Å². The van der Waals surface area contributed by atoms with E-state index in [1.807, 2.05) is 0 Å². The van der Waals surface area contributed by atoms with Gasteiger partial charge in [-0.05, 0) is 11.6 Å². The van der Waals surface area contributed by atoms with Crippen LogP contribution in [0.15, 0.2) is 18.2 Å². The summed E-state index contributed by atoms with van der Waals surface area (Å²) in [5, 5.41) is 8.61. The zero-order valence-electron chi connectivity index (χ0n) is 8.87. The number of carbonyl (C=O) groups excluding carboxylic acids is 1. The highest BCUT2D eigenvalue weighted by atomic mass is 19.1. The second-order valence-electron chi connectivity index (χ2n) is 3.53. The Hall–Kier alpha value is -1.56. The van der Waals surface area contributed by atoms with Gasteiger partial charge in [-0.1, -0.05) is 12.1 Å². The second kappa shape index (κ2) is 5.67. The van der Waals surface area contributed by atoms with Crippen molar-refractivity contribution < 1.29 is 23.1 Å². The van der Waals surface area contributed by atoms with Crippen molar-refractivity contribution in [2.75, 3.05) is 13.3 Å². The number of benzene rings is 1. The maximum Gasteiger partial charge on any atom is 0.251 e. The first kappa shape index (κ1) is 13.5. The largest absolute Gasteiger partial charge is 0.393 e. The Bertz CT molecular complexity index is 412. The Labute approximate surface area is 96.0 Å². The number of primary amides is 1. The molecule has 3 N–H and O–H groups in total. The molecule has 1 unspecified atom stereocenters. The van der Waals surface area contributed by atoms with Gasteiger partial charge in [0, 0.05) is 5.92 Å². The van der Waals surface area contributed by atoms with Crippen molar-refractivity contribution in [1.82, 2.24) is 0 Å². The van der Waals surface area contributed by atoms with E-state index in [0.29, 0.717) is 0 Å². The standard InChI is InChI=1S/C11H12F3NO2/c12-4-8(9(13)5-16)6-2-1-3-7(10(6)14)11(15)17/h1-3,8-9,16H,4-5H2,(H2,15,17)/t8?,9-/m1/s1. The van der Waals surface area contributed by atoms with Gasteiger partial charge in [0.15, 0.2) is 0 Å². The minimum atomic E-state index is -1.93. The number of halogens is 3. The molecule has 0 aliphatic rings. The lowest BCUT2D eigenvalue weighted by atomic mass is 9.93. The molecular formula is C11H12F3NO2. The first-order valence-electron chi connectivity index (χ1n) is 4.92. The molecule has 3 nitrogen and oxygen atoms in total. The van der Waals surface area contributed by atoms with Crippen LogP contribution in [0, 0.1) is 5.82 Å². The fourth-order valence-electron chi connectivity index (χ4n) is 1.53. The fourth-order valence-corrected chi connectivity index (χ4v) is 1.53. The van der Waals surface area contributed by atoms with Gasteiger partial charge in [0.1, 0.15) is 12.0 Å². The molecule has 0 saturated heterocycles. The number of hydrogen-bond acceptors (Lipinski definition) is 2. The van der Waals surface area contributed by atoms with Crippen molar-refractivity contribution in [3.8, 4) is 0 Å². The van der Waals surface area contributed by atoms with Crippen molar-refractivity contribution in [3.63, 3.8) is 0 Å². The van der Waals surface area contributed by atoms with E-state index in [9.17, 15) is 18.0 Å². The Balaban J connectivity index is 3.21. The van der Waals surface area contributed by atoms with Crippen LogP contribution in [0.1, 0.15) is 21.8 Å². The highest BCUT2D eigenvalue weighted by Gasteiger charge is 2.26. The van der Waals surface area contributed by atoms with E-state index in [4.69, 9.17) is 10.8 Å². The Morgan fingerprint density at radius 2 is 2.12 bits per heavy atom. The van der Waals surface area contributed by atoms with E-state index in [0.717, 1.165) is 12.1 Å². The maximum atomic E-state index is 13.7. The molecule has 0 fully saturated rings. The first-order valence-corrected chi connectivity index (χ1v) is 4.92. The molecule has 1 aromatic carbocycles. The molecule has 0 spiro atoms. The lowest BCUT2D eigenvalue weighted by molar-refractivity contribution is 0.0995. The summed E-state index contributed by atoms with van der Waals surface area (Å²) >= 11 is 0. The van der Waals surface area contributed by atoms with Crippen molar-refractivity contribution in [1.29, 1.82) is 0 Å². The van der Waals surface area contributed by atoms with Gasteiger partial charge in [-0.3, -0.25) is 9.18 Å². The molecule has 1 aromatic rings. The van der Waals surface area contributed by atoms with Gasteiger partial charge in [0.2, 0.25) is 0 Å². The van der Waals surface area contributed by atoms with Crippen LogP contribution in [0.2, 0.25) is 0 Å². The zero-order chi connectivity index (χ0) is 13.0. The number of hydrogen-bond donors (Lipinski definition) is 2. The molecule has 17 heavy (non-hydrogen) atoms. The van der Waals surface area contributed by atoms with Gasteiger partial charge in [0.25, 0.3) is 5.91 Å². The Kier molecular flexibility index (Phi) is 4.51. The average molecular weight is 247 g/mol. The molecular weight excluding hydrogens is 235 g/mol. The summed E-state index contributed by atoms with van der Waals surface area (Å²) < 4.78 is 39.6. The third-order valence-electron chi connectivity index (χ3n) is 2.47. The van der Waals surface area contributed by atoms with E-state index >= 15 is 0 Å². The molecule has 0 aliphatic heterocycles. The van der Waals surface area contributed by atoms with Gasteiger partial charge in [0.05, 0.1) is 18.8 Å². The molecule has 0 bridgehead atoms. The van der Waals surface area contributed by atoms with Gasteiger partial charge in [-0.25, -0.2) is 8.78 Å². The number of carbonyl (C=O) groups is 1. The smallest absolute Gasteiger partial charge is 0.251 e. The van der Waals surface area contributed by atoms with E-state index in [1.165, 1.54) is 6.07 Å². The van der Waals surface area contributed by atoms with Crippen LogP contribution in [-0.4, -0.2) is 30.5 Å². The summed E-state index contributed by atoms with van der Waals surface area (Å²) in [6.45, 7) is -2.10. The number of rotatable bonds is 5. The SMILES string of the molecule is NC(=O)c1cccc(C(CF)[C@H](F)CO)c1F. The third-order valence-corrected chi connectivity index (χ3v) is 2.47. The van der Waals surface area contributed by atoms with Crippen LogP contribution in [-0.2, 0) is 0 Å².